The third kappa shape index (κ3) is 4.16. The van der Waals surface area contributed by atoms with E-state index in [1.54, 1.807) is 0 Å². The molecule has 0 radical (unpaired) electrons. The fraction of sp³-hybridized carbons (Fsp3) is 0.333. The average molecular weight is 234 g/mol. The van der Waals surface area contributed by atoms with Gasteiger partial charge in [-0.3, -0.25) is 0 Å². The number of hydrogen-bond donors (Lipinski definition) is 2. The Labute approximate surface area is 89.1 Å². The molecule has 1 aromatic rings. The molecule has 1 heterocycles. The standard InChI is InChI=1S/C9H9F3N2O2/c10-9(11,12)3-4-13-6-1-2-7(8(15)16)14-5-6/h1-2,5,13H,3-4H2,(H,15,16). The topological polar surface area (TPSA) is 62.2 Å². The van der Waals surface area contributed by atoms with Crippen LogP contribution in [0, 0.1) is 0 Å². The molecule has 7 heteroatoms. The molecule has 0 atom stereocenters. The number of nitrogens with one attached hydrogen (secondary N) is 1. The maximum atomic E-state index is 11.8. The van der Waals surface area contributed by atoms with Crippen LogP contribution in [-0.2, 0) is 0 Å². The van der Waals surface area contributed by atoms with E-state index in [1.165, 1.54) is 18.3 Å². The van der Waals surface area contributed by atoms with Crippen molar-refractivity contribution in [2.24, 2.45) is 0 Å². The molecule has 1 rings (SSSR count). The first-order valence-electron chi connectivity index (χ1n) is 4.38. The summed E-state index contributed by atoms with van der Waals surface area (Å²) in [6.45, 7) is -0.266. The summed E-state index contributed by atoms with van der Waals surface area (Å²) in [6.07, 6.45) is -3.98. The van der Waals surface area contributed by atoms with Crippen molar-refractivity contribution >= 4 is 11.7 Å². The zero-order valence-electron chi connectivity index (χ0n) is 8.08. The highest BCUT2D eigenvalue weighted by atomic mass is 19.4. The van der Waals surface area contributed by atoms with E-state index >= 15 is 0 Å². The minimum atomic E-state index is -4.21. The number of carboxylic acid groups (broad SMARTS) is 1. The van der Waals surface area contributed by atoms with Gasteiger partial charge in [-0.1, -0.05) is 0 Å². The van der Waals surface area contributed by atoms with Gasteiger partial charge in [0.05, 0.1) is 18.3 Å². The second-order valence-corrected chi connectivity index (χ2v) is 3.03. The molecule has 0 aliphatic rings. The van der Waals surface area contributed by atoms with E-state index in [0.717, 1.165) is 0 Å². The molecule has 0 amide bonds. The number of hydrogen-bond acceptors (Lipinski definition) is 3. The van der Waals surface area contributed by atoms with Crippen LogP contribution >= 0.6 is 0 Å². The van der Waals surface area contributed by atoms with Crippen LogP contribution in [0.4, 0.5) is 18.9 Å². The fourth-order valence-corrected chi connectivity index (χ4v) is 0.974. The quantitative estimate of drug-likeness (QED) is 0.837. The number of carboxylic acids is 1. The van der Waals surface area contributed by atoms with Crippen molar-refractivity contribution in [1.29, 1.82) is 0 Å². The normalized spacial score (nSPS) is 11.2. The van der Waals surface area contributed by atoms with Crippen molar-refractivity contribution < 1.29 is 23.1 Å². The van der Waals surface area contributed by atoms with Crippen molar-refractivity contribution in [1.82, 2.24) is 4.98 Å². The summed E-state index contributed by atoms with van der Waals surface area (Å²) >= 11 is 0. The number of halogens is 3. The predicted octanol–water partition coefficient (Wildman–Crippen LogP) is 2.14. The van der Waals surface area contributed by atoms with E-state index in [4.69, 9.17) is 5.11 Å². The lowest BCUT2D eigenvalue weighted by Crippen LogP contribution is -2.14. The van der Waals surface area contributed by atoms with E-state index in [0.29, 0.717) is 5.69 Å². The molecule has 0 bridgehead atoms. The third-order valence-electron chi connectivity index (χ3n) is 1.72. The summed E-state index contributed by atoms with van der Waals surface area (Å²) in [5.74, 6) is -1.18. The highest BCUT2D eigenvalue weighted by molar-refractivity contribution is 5.85. The second-order valence-electron chi connectivity index (χ2n) is 3.03. The van der Waals surface area contributed by atoms with Gasteiger partial charge < -0.3 is 10.4 Å². The second kappa shape index (κ2) is 4.82. The first-order chi connectivity index (χ1) is 7.38. The number of anilines is 1. The third-order valence-corrected chi connectivity index (χ3v) is 1.72. The van der Waals surface area contributed by atoms with Crippen molar-refractivity contribution in [2.75, 3.05) is 11.9 Å². The lowest BCUT2D eigenvalue weighted by Gasteiger charge is -2.08. The highest BCUT2D eigenvalue weighted by Gasteiger charge is 2.26. The molecule has 0 fully saturated rings. The largest absolute Gasteiger partial charge is 0.477 e. The molecule has 1 aromatic heterocycles. The van der Waals surface area contributed by atoms with Gasteiger partial charge in [-0.05, 0) is 12.1 Å². The number of carbonyl (C=O) groups is 1. The molecule has 16 heavy (non-hydrogen) atoms. The zero-order valence-corrected chi connectivity index (χ0v) is 8.08. The Hall–Kier alpha value is -1.79. The van der Waals surface area contributed by atoms with Gasteiger partial charge in [0.1, 0.15) is 5.69 Å². The Kier molecular flexibility index (Phi) is 3.70. The van der Waals surface area contributed by atoms with Crippen LogP contribution in [0.5, 0.6) is 0 Å². The van der Waals surface area contributed by atoms with E-state index in [2.05, 4.69) is 10.3 Å². The molecule has 88 valence electrons. The van der Waals surface area contributed by atoms with Gasteiger partial charge in [0, 0.05) is 6.54 Å². The molecule has 0 spiro atoms. The predicted molar refractivity (Wildman–Crippen MR) is 50.4 cm³/mol. The number of alkyl halides is 3. The minimum absolute atomic E-state index is 0.152. The van der Waals surface area contributed by atoms with Crippen molar-refractivity contribution in [3.05, 3.63) is 24.0 Å². The van der Waals surface area contributed by atoms with Gasteiger partial charge in [0.15, 0.2) is 0 Å². The van der Waals surface area contributed by atoms with Gasteiger partial charge in [-0.15, -0.1) is 0 Å². The van der Waals surface area contributed by atoms with Gasteiger partial charge in [-0.25, -0.2) is 9.78 Å². The lowest BCUT2D eigenvalue weighted by atomic mass is 10.3. The highest BCUT2D eigenvalue weighted by Crippen LogP contribution is 2.19. The molecule has 0 unspecified atom stereocenters. The van der Waals surface area contributed by atoms with E-state index in [-0.39, 0.29) is 12.2 Å². The van der Waals surface area contributed by atoms with Crippen LogP contribution in [0.2, 0.25) is 0 Å². The van der Waals surface area contributed by atoms with Crippen LogP contribution < -0.4 is 5.32 Å². The van der Waals surface area contributed by atoms with E-state index < -0.39 is 18.6 Å². The maximum Gasteiger partial charge on any atom is 0.390 e. The number of aromatic nitrogens is 1. The number of pyridine rings is 1. The van der Waals surface area contributed by atoms with Crippen LogP contribution in [0.3, 0.4) is 0 Å². The lowest BCUT2D eigenvalue weighted by molar-refractivity contribution is -0.131. The number of nitrogens with zero attached hydrogens (tertiary/aromatic N) is 1. The molecular weight excluding hydrogens is 225 g/mol. The van der Waals surface area contributed by atoms with Crippen LogP contribution in [0.1, 0.15) is 16.9 Å². The first kappa shape index (κ1) is 12.3. The number of rotatable bonds is 4. The summed E-state index contributed by atoms with van der Waals surface area (Å²) in [6, 6.07) is 2.59. The Balaban J connectivity index is 2.47. The van der Waals surface area contributed by atoms with Crippen LogP contribution in [-0.4, -0.2) is 28.8 Å². The van der Waals surface area contributed by atoms with Gasteiger partial charge in [0.2, 0.25) is 0 Å². The maximum absolute atomic E-state index is 11.8. The van der Waals surface area contributed by atoms with E-state index in [9.17, 15) is 18.0 Å². The summed E-state index contributed by atoms with van der Waals surface area (Å²) in [7, 11) is 0. The van der Waals surface area contributed by atoms with Crippen molar-refractivity contribution in [3.63, 3.8) is 0 Å². The molecule has 4 nitrogen and oxygen atoms in total. The molecule has 0 saturated carbocycles. The van der Waals surface area contributed by atoms with E-state index in [1.807, 2.05) is 0 Å². The van der Waals surface area contributed by atoms with Gasteiger partial charge >= 0.3 is 12.1 Å². The summed E-state index contributed by atoms with van der Waals surface area (Å²) < 4.78 is 35.4. The average Bonchev–Trinajstić information content (AvgIpc) is 2.16. The molecule has 0 aliphatic carbocycles. The molecule has 2 N–H and O–H groups in total. The molecule has 0 aromatic carbocycles. The SMILES string of the molecule is O=C(O)c1ccc(NCCC(F)(F)F)cn1. The number of aromatic carboxylic acids is 1. The Morgan fingerprint density at radius 1 is 1.44 bits per heavy atom. The Morgan fingerprint density at radius 2 is 2.12 bits per heavy atom. The Morgan fingerprint density at radius 3 is 2.56 bits per heavy atom. The summed E-state index contributed by atoms with van der Waals surface area (Å²) in [5, 5.41) is 11.0. The summed E-state index contributed by atoms with van der Waals surface area (Å²) in [4.78, 5) is 14.0. The molecular formula is C9H9F3N2O2. The van der Waals surface area contributed by atoms with Crippen LogP contribution in [0.15, 0.2) is 18.3 Å². The minimum Gasteiger partial charge on any atom is -0.477 e. The van der Waals surface area contributed by atoms with Crippen molar-refractivity contribution in [3.8, 4) is 0 Å². The fourth-order valence-electron chi connectivity index (χ4n) is 0.974. The van der Waals surface area contributed by atoms with Crippen molar-refractivity contribution in [2.45, 2.75) is 12.6 Å². The van der Waals surface area contributed by atoms with Gasteiger partial charge in [-0.2, -0.15) is 13.2 Å². The smallest absolute Gasteiger partial charge is 0.390 e. The zero-order chi connectivity index (χ0) is 12.2. The Bertz CT molecular complexity index is 362. The van der Waals surface area contributed by atoms with Gasteiger partial charge in [0.25, 0.3) is 0 Å². The monoisotopic (exact) mass is 234 g/mol. The molecule has 0 aliphatic heterocycles. The summed E-state index contributed by atoms with van der Waals surface area (Å²) in [5.41, 5.74) is 0.204. The molecule has 0 saturated heterocycles. The first-order valence-corrected chi connectivity index (χ1v) is 4.38. The van der Waals surface area contributed by atoms with Crippen LogP contribution in [0.25, 0.3) is 0 Å².